The summed E-state index contributed by atoms with van der Waals surface area (Å²) in [5, 5.41) is 7.03. The van der Waals surface area contributed by atoms with Crippen LogP contribution in [0, 0.1) is 13.8 Å². The summed E-state index contributed by atoms with van der Waals surface area (Å²) in [5.41, 5.74) is 2.08. The van der Waals surface area contributed by atoms with Gasteiger partial charge in [0.25, 0.3) is 5.91 Å². The van der Waals surface area contributed by atoms with Gasteiger partial charge in [-0.1, -0.05) is 23.4 Å². The summed E-state index contributed by atoms with van der Waals surface area (Å²) >= 11 is 0. The summed E-state index contributed by atoms with van der Waals surface area (Å²) < 4.78 is 11.1. The lowest BCUT2D eigenvalue weighted by atomic mass is 10.1. The quantitative estimate of drug-likeness (QED) is 0.904. The Kier molecular flexibility index (Phi) is 5.38. The average molecular weight is 343 g/mol. The fourth-order valence-corrected chi connectivity index (χ4v) is 3.01. The first kappa shape index (κ1) is 17.5. The number of ether oxygens (including phenoxy) is 1. The number of piperidine rings is 1. The zero-order chi connectivity index (χ0) is 17.8. The van der Waals surface area contributed by atoms with Crippen LogP contribution in [0.15, 0.2) is 28.8 Å². The van der Waals surface area contributed by atoms with E-state index in [0.29, 0.717) is 17.0 Å². The average Bonchev–Trinajstić information content (AvgIpc) is 2.97. The second-order valence-corrected chi connectivity index (χ2v) is 6.67. The van der Waals surface area contributed by atoms with Crippen molar-refractivity contribution < 1.29 is 14.1 Å². The Bertz CT molecular complexity index is 733. The first-order chi connectivity index (χ1) is 12.0. The summed E-state index contributed by atoms with van der Waals surface area (Å²) in [5.74, 6) is 1.22. The normalized spacial score (nSPS) is 16.0. The molecule has 0 radical (unpaired) electrons. The van der Waals surface area contributed by atoms with Gasteiger partial charge < -0.3 is 19.5 Å². The molecule has 1 aromatic heterocycles. The number of likely N-dealkylation sites (tertiary alicyclic amines) is 1. The number of carbonyl (C=O) groups excluding carboxylic acids is 1. The molecule has 1 amide bonds. The van der Waals surface area contributed by atoms with Gasteiger partial charge in [0, 0.05) is 6.04 Å². The van der Waals surface area contributed by atoms with Gasteiger partial charge >= 0.3 is 0 Å². The molecule has 1 N–H and O–H groups in total. The Hall–Kier alpha value is -2.34. The van der Waals surface area contributed by atoms with E-state index in [-0.39, 0.29) is 18.6 Å². The Balaban J connectivity index is 1.66. The molecule has 1 aromatic carbocycles. The summed E-state index contributed by atoms with van der Waals surface area (Å²) in [6, 6.07) is 7.98. The van der Waals surface area contributed by atoms with Crippen molar-refractivity contribution in [3.05, 3.63) is 46.8 Å². The lowest BCUT2D eigenvalue weighted by molar-refractivity contribution is 0.0905. The third kappa shape index (κ3) is 4.20. The van der Waals surface area contributed by atoms with Crippen LogP contribution >= 0.6 is 0 Å². The topological polar surface area (TPSA) is 67.6 Å². The predicted octanol–water partition coefficient (Wildman–Crippen LogP) is 2.69. The van der Waals surface area contributed by atoms with Crippen LogP contribution in [0.5, 0.6) is 5.75 Å². The number of benzene rings is 1. The van der Waals surface area contributed by atoms with E-state index in [1.165, 1.54) is 0 Å². The van der Waals surface area contributed by atoms with Gasteiger partial charge in [0.1, 0.15) is 18.1 Å². The number of rotatable bonds is 5. The van der Waals surface area contributed by atoms with Crippen molar-refractivity contribution in [2.24, 2.45) is 0 Å². The Morgan fingerprint density at radius 3 is 2.76 bits per heavy atom. The molecule has 0 saturated carbocycles. The Labute approximate surface area is 148 Å². The van der Waals surface area contributed by atoms with Crippen LogP contribution in [-0.4, -0.2) is 42.1 Å². The highest BCUT2D eigenvalue weighted by Crippen LogP contribution is 2.21. The molecule has 0 aliphatic carbocycles. The molecule has 2 heterocycles. The minimum Gasteiger partial charge on any atom is -0.488 e. The maximum absolute atomic E-state index is 12.6. The van der Waals surface area contributed by atoms with Gasteiger partial charge in [-0.2, -0.15) is 0 Å². The number of nitrogens with zero attached hydrogens (tertiary/aromatic N) is 2. The molecule has 1 aliphatic heterocycles. The van der Waals surface area contributed by atoms with Crippen molar-refractivity contribution in [1.29, 1.82) is 0 Å². The first-order valence-corrected chi connectivity index (χ1v) is 8.67. The lowest BCUT2D eigenvalue weighted by Gasteiger charge is -2.29. The Morgan fingerprint density at radius 1 is 1.32 bits per heavy atom. The van der Waals surface area contributed by atoms with Crippen molar-refractivity contribution in [3.63, 3.8) is 0 Å². The van der Waals surface area contributed by atoms with E-state index in [1.807, 2.05) is 31.2 Å². The molecule has 1 saturated heterocycles. The van der Waals surface area contributed by atoms with Crippen LogP contribution in [-0.2, 0) is 6.61 Å². The number of aromatic nitrogens is 1. The molecule has 0 atom stereocenters. The fraction of sp³-hybridized carbons (Fsp3) is 0.474. The van der Waals surface area contributed by atoms with Gasteiger partial charge in [0.05, 0.1) is 5.56 Å². The molecule has 1 aliphatic rings. The predicted molar refractivity (Wildman–Crippen MR) is 94.7 cm³/mol. The third-order valence-corrected chi connectivity index (χ3v) is 4.72. The Morgan fingerprint density at radius 2 is 2.04 bits per heavy atom. The zero-order valence-electron chi connectivity index (χ0n) is 15.0. The van der Waals surface area contributed by atoms with E-state index >= 15 is 0 Å². The van der Waals surface area contributed by atoms with E-state index in [9.17, 15) is 4.79 Å². The monoisotopic (exact) mass is 343 g/mol. The van der Waals surface area contributed by atoms with E-state index < -0.39 is 0 Å². The number of carbonyl (C=O) groups is 1. The first-order valence-electron chi connectivity index (χ1n) is 8.67. The van der Waals surface area contributed by atoms with Crippen molar-refractivity contribution in [1.82, 2.24) is 15.4 Å². The highest BCUT2D eigenvalue weighted by Gasteiger charge is 2.24. The molecule has 3 rings (SSSR count). The molecule has 0 unspecified atom stereocenters. The van der Waals surface area contributed by atoms with Crippen molar-refractivity contribution in [3.8, 4) is 5.75 Å². The maximum atomic E-state index is 12.6. The molecular formula is C19H25N3O3. The van der Waals surface area contributed by atoms with Crippen LogP contribution in [0.2, 0.25) is 0 Å². The number of hydrogen-bond donors (Lipinski definition) is 1. The largest absolute Gasteiger partial charge is 0.488 e. The molecule has 0 bridgehead atoms. The van der Waals surface area contributed by atoms with Gasteiger partial charge in [-0.25, -0.2) is 0 Å². The van der Waals surface area contributed by atoms with Crippen molar-refractivity contribution in [2.45, 2.75) is 39.3 Å². The van der Waals surface area contributed by atoms with Gasteiger partial charge in [-0.3, -0.25) is 4.79 Å². The second-order valence-electron chi connectivity index (χ2n) is 6.67. The van der Waals surface area contributed by atoms with Crippen LogP contribution in [0.4, 0.5) is 0 Å². The molecule has 134 valence electrons. The SMILES string of the molecule is Cc1ccccc1OCc1c(C(=O)NC2CCN(C)CC2)noc1C. The maximum Gasteiger partial charge on any atom is 0.274 e. The van der Waals surface area contributed by atoms with Gasteiger partial charge in [-0.05, 0) is 58.5 Å². The number of hydrogen-bond acceptors (Lipinski definition) is 5. The number of aryl methyl sites for hydroxylation is 2. The van der Waals surface area contributed by atoms with E-state index in [1.54, 1.807) is 6.92 Å². The summed E-state index contributed by atoms with van der Waals surface area (Å²) in [7, 11) is 2.10. The van der Waals surface area contributed by atoms with Crippen molar-refractivity contribution >= 4 is 5.91 Å². The standard InChI is InChI=1S/C19H25N3O3/c1-13-6-4-5-7-17(13)24-12-16-14(2)25-21-18(16)19(23)20-15-8-10-22(3)11-9-15/h4-7,15H,8-12H2,1-3H3,(H,20,23). The van der Waals surface area contributed by atoms with Crippen LogP contribution in [0.3, 0.4) is 0 Å². The molecule has 2 aromatic rings. The summed E-state index contributed by atoms with van der Waals surface area (Å²) in [6.45, 7) is 6.04. The van der Waals surface area contributed by atoms with Crippen LogP contribution in [0.25, 0.3) is 0 Å². The van der Waals surface area contributed by atoms with Gasteiger partial charge in [0.15, 0.2) is 5.69 Å². The van der Waals surface area contributed by atoms with E-state index in [4.69, 9.17) is 9.26 Å². The number of nitrogens with one attached hydrogen (secondary N) is 1. The lowest BCUT2D eigenvalue weighted by Crippen LogP contribution is -2.43. The summed E-state index contributed by atoms with van der Waals surface area (Å²) in [6.07, 6.45) is 1.90. The fourth-order valence-electron chi connectivity index (χ4n) is 3.01. The third-order valence-electron chi connectivity index (χ3n) is 4.72. The number of amides is 1. The van der Waals surface area contributed by atoms with Crippen LogP contribution < -0.4 is 10.1 Å². The van der Waals surface area contributed by atoms with Crippen LogP contribution in [0.1, 0.15) is 40.2 Å². The zero-order valence-corrected chi connectivity index (χ0v) is 15.0. The molecule has 6 heteroatoms. The van der Waals surface area contributed by atoms with Gasteiger partial charge in [-0.15, -0.1) is 0 Å². The molecule has 0 spiro atoms. The minimum atomic E-state index is -0.185. The highest BCUT2D eigenvalue weighted by molar-refractivity contribution is 5.94. The summed E-state index contributed by atoms with van der Waals surface area (Å²) in [4.78, 5) is 14.9. The molecule has 25 heavy (non-hydrogen) atoms. The van der Waals surface area contributed by atoms with E-state index in [0.717, 1.165) is 37.2 Å². The van der Waals surface area contributed by atoms with E-state index in [2.05, 4.69) is 22.4 Å². The molecular weight excluding hydrogens is 318 g/mol. The number of para-hydroxylation sites is 1. The highest BCUT2D eigenvalue weighted by atomic mass is 16.5. The second kappa shape index (κ2) is 7.70. The smallest absolute Gasteiger partial charge is 0.274 e. The van der Waals surface area contributed by atoms with Crippen molar-refractivity contribution in [2.75, 3.05) is 20.1 Å². The molecule has 1 fully saturated rings. The molecule has 6 nitrogen and oxygen atoms in total. The van der Waals surface area contributed by atoms with Gasteiger partial charge in [0.2, 0.25) is 0 Å². The minimum absolute atomic E-state index is 0.185.